The van der Waals surface area contributed by atoms with Crippen molar-refractivity contribution in [3.63, 3.8) is 0 Å². The number of carbonyl (C=O) groups is 2. The smallest absolute Gasteiger partial charge is 0.236 e. The monoisotopic (exact) mass is 476 g/mol. The molecular weight excluding hydrogens is 463 g/mol. The highest BCUT2D eigenvalue weighted by Crippen LogP contribution is 2.10. The summed E-state index contributed by atoms with van der Waals surface area (Å²) in [5.41, 5.74) is 0.971. The van der Waals surface area contributed by atoms with E-state index in [1.54, 1.807) is 24.3 Å². The molecular formula is C26H14ClFO2S2. The Morgan fingerprint density at radius 3 is 1.53 bits per heavy atom. The first-order chi connectivity index (χ1) is 15.5. The molecule has 2 aromatic heterocycles. The van der Waals surface area contributed by atoms with Gasteiger partial charge in [-0.05, 0) is 95.1 Å². The van der Waals surface area contributed by atoms with Gasteiger partial charge in [-0.25, -0.2) is 4.39 Å². The molecule has 0 radical (unpaired) electrons. The van der Waals surface area contributed by atoms with Crippen LogP contribution in [0.3, 0.4) is 0 Å². The normalized spacial score (nSPS) is 9.31. The molecule has 0 spiro atoms. The highest BCUT2D eigenvalue weighted by atomic mass is 35.5. The summed E-state index contributed by atoms with van der Waals surface area (Å²) < 4.78 is 12.6. The van der Waals surface area contributed by atoms with Crippen LogP contribution in [0.5, 0.6) is 0 Å². The minimum Gasteiger partial charge on any atom is -0.279 e. The Morgan fingerprint density at radius 2 is 1.12 bits per heavy atom. The van der Waals surface area contributed by atoms with Crippen LogP contribution in [0.25, 0.3) is 0 Å². The van der Waals surface area contributed by atoms with Gasteiger partial charge in [0.05, 0.1) is 9.75 Å². The fourth-order valence-electron chi connectivity index (χ4n) is 2.28. The molecule has 0 saturated heterocycles. The second kappa shape index (κ2) is 11.8. The topological polar surface area (TPSA) is 34.1 Å². The van der Waals surface area contributed by atoms with Crippen LogP contribution in [-0.4, -0.2) is 11.6 Å². The number of hydrogen-bond donors (Lipinski definition) is 0. The van der Waals surface area contributed by atoms with Crippen LogP contribution >= 0.6 is 34.3 Å². The Morgan fingerprint density at radius 1 is 0.688 bits per heavy atom. The molecule has 0 fully saturated rings. The van der Waals surface area contributed by atoms with Gasteiger partial charge in [-0.15, -0.1) is 22.7 Å². The number of ketones is 2. The van der Waals surface area contributed by atoms with Crippen molar-refractivity contribution in [2.45, 2.75) is 0 Å². The minimum absolute atomic E-state index is 0.190. The SMILES string of the molecule is O=C(C#Cc1cccs1)c1ccc(Cl)cc1.O=C(C#Cc1cccs1)c1ccc(F)cc1. The van der Waals surface area contributed by atoms with Crippen molar-refractivity contribution in [2.24, 2.45) is 0 Å². The number of thiophene rings is 2. The number of halogens is 2. The summed E-state index contributed by atoms with van der Waals surface area (Å²) in [6.45, 7) is 0. The van der Waals surface area contributed by atoms with Crippen molar-refractivity contribution in [1.82, 2.24) is 0 Å². The van der Waals surface area contributed by atoms with Crippen LogP contribution in [0.1, 0.15) is 30.5 Å². The van der Waals surface area contributed by atoms with E-state index in [2.05, 4.69) is 23.7 Å². The second-order valence-corrected chi connectivity index (χ2v) is 8.46. The lowest BCUT2D eigenvalue weighted by Gasteiger charge is -1.92. The molecule has 2 heterocycles. The van der Waals surface area contributed by atoms with Gasteiger partial charge in [-0.3, -0.25) is 9.59 Å². The summed E-state index contributed by atoms with van der Waals surface area (Å²) in [4.78, 5) is 24.9. The summed E-state index contributed by atoms with van der Waals surface area (Å²) >= 11 is 8.72. The van der Waals surface area contributed by atoms with Crippen LogP contribution in [0.15, 0.2) is 83.6 Å². The van der Waals surface area contributed by atoms with E-state index >= 15 is 0 Å². The predicted molar refractivity (Wildman–Crippen MR) is 129 cm³/mol. The highest BCUT2D eigenvalue weighted by Gasteiger charge is 2.02. The van der Waals surface area contributed by atoms with E-state index in [0.29, 0.717) is 16.1 Å². The largest absolute Gasteiger partial charge is 0.279 e. The molecule has 156 valence electrons. The number of hydrogen-bond acceptors (Lipinski definition) is 4. The van der Waals surface area contributed by atoms with E-state index in [-0.39, 0.29) is 17.4 Å². The average Bonchev–Trinajstić information content (AvgIpc) is 3.51. The summed E-state index contributed by atoms with van der Waals surface area (Å²) in [6, 6.07) is 19.6. The average molecular weight is 477 g/mol. The van der Waals surface area contributed by atoms with E-state index in [1.165, 1.54) is 46.9 Å². The van der Waals surface area contributed by atoms with Crippen molar-refractivity contribution < 1.29 is 14.0 Å². The van der Waals surface area contributed by atoms with Crippen molar-refractivity contribution in [3.8, 4) is 23.7 Å². The Bertz CT molecular complexity index is 1200. The van der Waals surface area contributed by atoms with E-state index in [0.717, 1.165) is 9.75 Å². The van der Waals surface area contributed by atoms with Crippen LogP contribution in [0, 0.1) is 29.5 Å². The number of carbonyl (C=O) groups excluding carboxylic acids is 2. The van der Waals surface area contributed by atoms with Crippen LogP contribution in [0.4, 0.5) is 4.39 Å². The summed E-state index contributed by atoms with van der Waals surface area (Å²) in [5, 5.41) is 4.44. The van der Waals surface area contributed by atoms with E-state index in [4.69, 9.17) is 11.6 Å². The lowest BCUT2D eigenvalue weighted by molar-refractivity contribution is 0.104. The van der Waals surface area contributed by atoms with Gasteiger partial charge in [-0.2, -0.15) is 0 Å². The molecule has 0 atom stereocenters. The zero-order valence-electron chi connectivity index (χ0n) is 16.5. The van der Waals surface area contributed by atoms with Crippen LogP contribution < -0.4 is 0 Å². The fourth-order valence-corrected chi connectivity index (χ4v) is 3.55. The predicted octanol–water partition coefficient (Wildman–Crippen LogP) is 6.76. The molecule has 0 saturated carbocycles. The minimum atomic E-state index is -0.359. The molecule has 2 nitrogen and oxygen atoms in total. The molecule has 6 heteroatoms. The number of Topliss-reactive ketones (excluding diaryl/α,β-unsaturated/α-hetero) is 2. The lowest BCUT2D eigenvalue weighted by atomic mass is 10.1. The van der Waals surface area contributed by atoms with Gasteiger partial charge in [0, 0.05) is 16.1 Å². The summed E-state index contributed by atoms with van der Waals surface area (Å²) in [7, 11) is 0. The maximum atomic E-state index is 12.6. The zero-order valence-corrected chi connectivity index (χ0v) is 18.9. The lowest BCUT2D eigenvalue weighted by Crippen LogP contribution is -1.94. The quantitative estimate of drug-likeness (QED) is 0.236. The summed E-state index contributed by atoms with van der Waals surface area (Å²) in [5.74, 6) is 9.86. The van der Waals surface area contributed by atoms with Gasteiger partial charge in [0.25, 0.3) is 0 Å². The Hall–Kier alpha value is -3.48. The third kappa shape index (κ3) is 7.34. The molecule has 0 aliphatic rings. The van der Waals surface area contributed by atoms with Crippen LogP contribution in [-0.2, 0) is 0 Å². The molecule has 0 aliphatic carbocycles. The van der Waals surface area contributed by atoms with Crippen molar-refractivity contribution >= 4 is 45.8 Å². The maximum absolute atomic E-state index is 12.6. The first-order valence-corrected chi connectivity index (χ1v) is 11.4. The molecule has 0 bridgehead atoms. The molecule has 0 N–H and O–H groups in total. The first-order valence-electron chi connectivity index (χ1n) is 9.22. The molecule has 4 aromatic rings. The van der Waals surface area contributed by atoms with Crippen LogP contribution in [0.2, 0.25) is 5.02 Å². The third-order valence-corrected chi connectivity index (χ3v) is 5.68. The molecule has 0 unspecified atom stereocenters. The van der Waals surface area contributed by atoms with Gasteiger partial charge < -0.3 is 0 Å². The molecule has 0 aliphatic heterocycles. The second-order valence-electron chi connectivity index (χ2n) is 6.13. The number of benzene rings is 2. The van der Waals surface area contributed by atoms with E-state index in [1.807, 2.05) is 35.0 Å². The van der Waals surface area contributed by atoms with Gasteiger partial charge in [0.15, 0.2) is 0 Å². The fraction of sp³-hybridized carbons (Fsp3) is 0. The zero-order chi connectivity index (χ0) is 22.8. The van der Waals surface area contributed by atoms with Gasteiger partial charge in [0.2, 0.25) is 11.6 Å². The third-order valence-electron chi connectivity index (χ3n) is 3.85. The first kappa shape index (κ1) is 23.2. The molecule has 32 heavy (non-hydrogen) atoms. The van der Waals surface area contributed by atoms with Crippen molar-refractivity contribution in [3.05, 3.63) is 115 Å². The van der Waals surface area contributed by atoms with Crippen molar-refractivity contribution in [2.75, 3.05) is 0 Å². The molecule has 0 amide bonds. The van der Waals surface area contributed by atoms with Gasteiger partial charge >= 0.3 is 0 Å². The molecule has 4 rings (SSSR count). The standard InChI is InChI=1S/C13H7ClOS.C13H7FOS/c2*14-11-5-3-10(4-6-11)13(15)8-7-12-2-1-9-16-12/h2*1-6,9H. The molecule has 2 aromatic carbocycles. The van der Waals surface area contributed by atoms with Gasteiger partial charge in [-0.1, -0.05) is 23.7 Å². The highest BCUT2D eigenvalue weighted by molar-refractivity contribution is 7.10. The van der Waals surface area contributed by atoms with Crippen molar-refractivity contribution in [1.29, 1.82) is 0 Å². The summed E-state index contributed by atoms with van der Waals surface area (Å²) in [6.07, 6.45) is 0. The van der Waals surface area contributed by atoms with E-state index < -0.39 is 0 Å². The van der Waals surface area contributed by atoms with Gasteiger partial charge in [0.1, 0.15) is 5.82 Å². The van der Waals surface area contributed by atoms with E-state index in [9.17, 15) is 14.0 Å². The maximum Gasteiger partial charge on any atom is 0.236 e. The Labute approximate surface area is 198 Å². The Balaban J connectivity index is 0.000000181. The number of rotatable bonds is 2. The Kier molecular flexibility index (Phi) is 8.54.